The number of aliphatic carboxylic acids is 3. The van der Waals surface area contributed by atoms with E-state index in [1.54, 1.807) is 4.90 Å². The summed E-state index contributed by atoms with van der Waals surface area (Å²) in [6.07, 6.45) is 0. The zero-order chi connectivity index (χ0) is 21.1. The molecular formula is C17H30N4O7. The van der Waals surface area contributed by atoms with Gasteiger partial charge in [0.05, 0.1) is 26.2 Å². The number of carbonyl (C=O) groups is 4. The van der Waals surface area contributed by atoms with Gasteiger partial charge in [0.1, 0.15) is 5.78 Å². The van der Waals surface area contributed by atoms with Gasteiger partial charge in [-0.05, 0) is 6.92 Å². The van der Waals surface area contributed by atoms with Crippen molar-refractivity contribution in [3.8, 4) is 0 Å². The fraction of sp³-hybridized carbons (Fsp3) is 0.765. The number of nitrogens with zero attached hydrogens (tertiary/aromatic N) is 4. The summed E-state index contributed by atoms with van der Waals surface area (Å²) < 4.78 is 0. The van der Waals surface area contributed by atoms with Crippen molar-refractivity contribution in [3.05, 3.63) is 0 Å². The zero-order valence-corrected chi connectivity index (χ0v) is 16.2. The van der Waals surface area contributed by atoms with Gasteiger partial charge in [-0.2, -0.15) is 0 Å². The lowest BCUT2D eigenvalue weighted by Gasteiger charge is -2.27. The van der Waals surface area contributed by atoms with Gasteiger partial charge < -0.3 is 15.3 Å². The maximum absolute atomic E-state index is 11.5. The minimum absolute atomic E-state index is 0.0321. The van der Waals surface area contributed by atoms with Crippen molar-refractivity contribution in [1.29, 1.82) is 0 Å². The molecule has 0 atom stereocenters. The number of rotatable bonds is 11. The molecule has 0 bridgehead atoms. The van der Waals surface area contributed by atoms with E-state index in [0.29, 0.717) is 52.4 Å². The average Bonchev–Trinajstić information content (AvgIpc) is 2.63. The molecule has 11 heteroatoms. The monoisotopic (exact) mass is 402 g/mol. The molecule has 3 N–H and O–H groups in total. The first-order valence-electron chi connectivity index (χ1n) is 9.20. The van der Waals surface area contributed by atoms with Crippen LogP contribution in [0.3, 0.4) is 0 Å². The first-order chi connectivity index (χ1) is 13.2. The number of ketones is 1. The number of carboxylic acids is 3. The summed E-state index contributed by atoms with van der Waals surface area (Å²) in [6, 6.07) is 0. The van der Waals surface area contributed by atoms with Gasteiger partial charge in [0.15, 0.2) is 0 Å². The fourth-order valence-electron chi connectivity index (χ4n) is 3.11. The van der Waals surface area contributed by atoms with E-state index in [9.17, 15) is 19.2 Å². The molecule has 0 aromatic heterocycles. The van der Waals surface area contributed by atoms with E-state index in [4.69, 9.17) is 15.3 Å². The van der Waals surface area contributed by atoms with Crippen LogP contribution in [0.5, 0.6) is 0 Å². The highest BCUT2D eigenvalue weighted by Crippen LogP contribution is 2.02. The second-order valence-electron chi connectivity index (χ2n) is 6.99. The highest BCUT2D eigenvalue weighted by Gasteiger charge is 2.20. The highest BCUT2D eigenvalue weighted by atomic mass is 16.4. The van der Waals surface area contributed by atoms with E-state index in [2.05, 4.69) is 0 Å². The molecule has 0 unspecified atom stereocenters. The third-order valence-corrected chi connectivity index (χ3v) is 4.45. The molecule has 0 saturated carbocycles. The van der Waals surface area contributed by atoms with Crippen molar-refractivity contribution >= 4 is 23.7 Å². The molecule has 28 heavy (non-hydrogen) atoms. The van der Waals surface area contributed by atoms with Crippen LogP contribution < -0.4 is 0 Å². The topological polar surface area (TPSA) is 142 Å². The SMILES string of the molecule is CC(=O)CN1CCN(CCN(CC(=O)O)CC(=O)O)CCN(CC(=O)O)CC1. The van der Waals surface area contributed by atoms with Gasteiger partial charge in [-0.3, -0.25) is 38.8 Å². The number of carbonyl (C=O) groups excluding carboxylic acids is 1. The molecule has 0 radical (unpaired) electrons. The van der Waals surface area contributed by atoms with Crippen LogP contribution in [0.4, 0.5) is 0 Å². The molecule has 0 aliphatic carbocycles. The van der Waals surface area contributed by atoms with Gasteiger partial charge in [0.2, 0.25) is 0 Å². The van der Waals surface area contributed by atoms with Gasteiger partial charge in [0.25, 0.3) is 0 Å². The maximum atomic E-state index is 11.5. The Morgan fingerprint density at radius 2 is 1.14 bits per heavy atom. The smallest absolute Gasteiger partial charge is 0.317 e. The second-order valence-corrected chi connectivity index (χ2v) is 6.99. The summed E-state index contributed by atoms with van der Waals surface area (Å²) in [4.78, 5) is 51.6. The van der Waals surface area contributed by atoms with Crippen LogP contribution in [-0.4, -0.2) is 137 Å². The van der Waals surface area contributed by atoms with Crippen molar-refractivity contribution in [2.45, 2.75) is 6.92 Å². The number of Topliss-reactive ketones (excluding diaryl/α,β-unsaturated/α-hetero) is 1. The Labute approximate surface area is 164 Å². The molecule has 1 rings (SSSR count). The van der Waals surface area contributed by atoms with Crippen molar-refractivity contribution in [2.75, 3.05) is 78.5 Å². The highest BCUT2D eigenvalue weighted by molar-refractivity contribution is 5.77. The molecule has 1 heterocycles. The predicted molar refractivity (Wildman–Crippen MR) is 99.3 cm³/mol. The standard InChI is InChI=1S/C17H30N4O7/c1-14(22)10-19-5-2-18(3-6-20(8-7-19)11-15(23)24)4-9-21(12-16(25)26)13-17(27)28/h2-13H2,1H3,(H,23,24)(H,25,26)(H,27,28). The van der Waals surface area contributed by atoms with E-state index in [0.717, 1.165) is 0 Å². The number of carboxylic acid groups (broad SMARTS) is 3. The van der Waals surface area contributed by atoms with E-state index < -0.39 is 17.9 Å². The number of hydrogen-bond acceptors (Lipinski definition) is 8. The summed E-state index contributed by atoms with van der Waals surface area (Å²) in [5.41, 5.74) is 0. The van der Waals surface area contributed by atoms with Gasteiger partial charge >= 0.3 is 17.9 Å². The van der Waals surface area contributed by atoms with Crippen LogP contribution in [0.15, 0.2) is 0 Å². The normalized spacial score (nSPS) is 17.6. The molecular weight excluding hydrogens is 372 g/mol. The molecule has 0 aromatic rings. The lowest BCUT2D eigenvalue weighted by molar-refractivity contribution is -0.142. The molecule has 11 nitrogen and oxygen atoms in total. The lowest BCUT2D eigenvalue weighted by atomic mass is 10.3. The summed E-state index contributed by atoms with van der Waals surface area (Å²) in [6.45, 7) is 5.19. The van der Waals surface area contributed by atoms with E-state index in [1.807, 2.05) is 9.80 Å². The molecule has 0 amide bonds. The minimum atomic E-state index is -1.09. The van der Waals surface area contributed by atoms with Crippen LogP contribution in [0.25, 0.3) is 0 Å². The minimum Gasteiger partial charge on any atom is -0.480 e. The van der Waals surface area contributed by atoms with Gasteiger partial charge in [-0.25, -0.2) is 0 Å². The Bertz CT molecular complexity index is 514. The average molecular weight is 402 g/mol. The Kier molecular flexibility index (Phi) is 10.6. The van der Waals surface area contributed by atoms with Crippen molar-refractivity contribution in [3.63, 3.8) is 0 Å². The van der Waals surface area contributed by atoms with Gasteiger partial charge in [-0.1, -0.05) is 0 Å². The maximum Gasteiger partial charge on any atom is 0.317 e. The van der Waals surface area contributed by atoms with Crippen molar-refractivity contribution in [2.24, 2.45) is 0 Å². The Morgan fingerprint density at radius 3 is 1.54 bits per heavy atom. The third kappa shape index (κ3) is 10.9. The largest absolute Gasteiger partial charge is 0.480 e. The van der Waals surface area contributed by atoms with E-state index in [-0.39, 0.29) is 32.0 Å². The quantitative estimate of drug-likeness (QED) is 0.355. The third-order valence-electron chi connectivity index (χ3n) is 4.45. The summed E-state index contributed by atoms with van der Waals surface area (Å²) in [5.74, 6) is -3.07. The molecule has 1 fully saturated rings. The van der Waals surface area contributed by atoms with Crippen LogP contribution in [0.1, 0.15) is 6.92 Å². The predicted octanol–water partition coefficient (Wildman–Crippen LogP) is -1.95. The van der Waals surface area contributed by atoms with Gasteiger partial charge in [-0.15, -0.1) is 0 Å². The zero-order valence-electron chi connectivity index (χ0n) is 16.2. The summed E-state index contributed by atoms with van der Waals surface area (Å²) in [7, 11) is 0. The number of hydrogen-bond donors (Lipinski definition) is 3. The molecule has 0 aromatic carbocycles. The van der Waals surface area contributed by atoms with Crippen LogP contribution >= 0.6 is 0 Å². The Hall–Kier alpha value is -2.08. The van der Waals surface area contributed by atoms with E-state index >= 15 is 0 Å². The Morgan fingerprint density at radius 1 is 0.714 bits per heavy atom. The molecule has 1 aliphatic heterocycles. The van der Waals surface area contributed by atoms with Crippen LogP contribution in [0.2, 0.25) is 0 Å². The van der Waals surface area contributed by atoms with E-state index in [1.165, 1.54) is 11.8 Å². The second kappa shape index (κ2) is 12.4. The summed E-state index contributed by atoms with van der Waals surface area (Å²) >= 11 is 0. The first-order valence-corrected chi connectivity index (χ1v) is 9.20. The lowest BCUT2D eigenvalue weighted by Crippen LogP contribution is -2.44. The van der Waals surface area contributed by atoms with Crippen LogP contribution in [0, 0.1) is 0 Å². The fourth-order valence-corrected chi connectivity index (χ4v) is 3.11. The molecule has 160 valence electrons. The Balaban J connectivity index is 2.72. The first kappa shape index (κ1) is 24.0. The molecule has 0 spiro atoms. The van der Waals surface area contributed by atoms with Crippen molar-refractivity contribution in [1.82, 2.24) is 19.6 Å². The van der Waals surface area contributed by atoms with Crippen molar-refractivity contribution < 1.29 is 34.5 Å². The van der Waals surface area contributed by atoms with Crippen LogP contribution in [-0.2, 0) is 19.2 Å². The van der Waals surface area contributed by atoms with Gasteiger partial charge in [0, 0.05) is 52.4 Å². The molecule has 1 saturated heterocycles. The molecule has 1 aliphatic rings. The summed E-state index contributed by atoms with van der Waals surface area (Å²) in [5, 5.41) is 27.0.